The number of nitrogens with one attached hydrogen (secondary N) is 1. The molecule has 1 atom stereocenters. The molecule has 0 radical (unpaired) electrons. The van der Waals surface area contributed by atoms with Crippen LogP contribution in [0.3, 0.4) is 0 Å². The number of rotatable bonds is 5. The molecule has 1 aromatic rings. The molecule has 88 valence electrons. The van der Waals surface area contributed by atoms with Gasteiger partial charge in [0.25, 0.3) is 0 Å². The van der Waals surface area contributed by atoms with Crippen molar-refractivity contribution in [2.75, 3.05) is 19.0 Å². The standard InChI is InChI=1S/C11H14ClNO3/c1-7(6-16-2)13-9-5-3-4-8(12)10(9)11(14)15/h3-5,7,13H,6H2,1-2H3,(H,14,15). The van der Waals surface area contributed by atoms with Crippen molar-refractivity contribution in [3.05, 3.63) is 28.8 Å². The van der Waals surface area contributed by atoms with Gasteiger partial charge in [0, 0.05) is 13.2 Å². The zero-order valence-electron chi connectivity index (χ0n) is 9.16. The second-order valence-electron chi connectivity index (χ2n) is 3.47. The summed E-state index contributed by atoms with van der Waals surface area (Å²) in [7, 11) is 1.59. The van der Waals surface area contributed by atoms with E-state index in [2.05, 4.69) is 5.32 Å². The number of anilines is 1. The minimum Gasteiger partial charge on any atom is -0.478 e. The maximum Gasteiger partial charge on any atom is 0.339 e. The van der Waals surface area contributed by atoms with Gasteiger partial charge in [-0.1, -0.05) is 17.7 Å². The summed E-state index contributed by atoms with van der Waals surface area (Å²) >= 11 is 5.83. The minimum absolute atomic E-state index is 0.0153. The fourth-order valence-corrected chi connectivity index (χ4v) is 1.67. The van der Waals surface area contributed by atoms with Crippen LogP contribution in [0.4, 0.5) is 5.69 Å². The van der Waals surface area contributed by atoms with Gasteiger partial charge in [0.2, 0.25) is 0 Å². The number of carboxylic acid groups (broad SMARTS) is 1. The number of ether oxygens (including phenoxy) is 1. The quantitative estimate of drug-likeness (QED) is 0.834. The van der Waals surface area contributed by atoms with Crippen molar-refractivity contribution in [1.29, 1.82) is 0 Å². The van der Waals surface area contributed by atoms with Gasteiger partial charge in [0.15, 0.2) is 0 Å². The maximum atomic E-state index is 11.0. The molecule has 1 unspecified atom stereocenters. The zero-order chi connectivity index (χ0) is 12.1. The highest BCUT2D eigenvalue weighted by Crippen LogP contribution is 2.24. The van der Waals surface area contributed by atoms with Crippen LogP contribution < -0.4 is 5.32 Å². The van der Waals surface area contributed by atoms with Gasteiger partial charge in [-0.05, 0) is 19.1 Å². The first kappa shape index (κ1) is 12.8. The molecule has 0 aliphatic rings. The zero-order valence-corrected chi connectivity index (χ0v) is 9.91. The molecular weight excluding hydrogens is 230 g/mol. The summed E-state index contributed by atoms with van der Waals surface area (Å²) in [6, 6.07) is 4.96. The number of benzene rings is 1. The maximum absolute atomic E-state index is 11.0. The smallest absolute Gasteiger partial charge is 0.339 e. The number of carboxylic acids is 1. The van der Waals surface area contributed by atoms with Crippen LogP contribution in [0, 0.1) is 0 Å². The Labute approximate surface area is 99.2 Å². The van der Waals surface area contributed by atoms with Crippen LogP contribution in [-0.4, -0.2) is 30.8 Å². The molecule has 2 N–H and O–H groups in total. The number of halogens is 1. The highest BCUT2D eigenvalue weighted by Gasteiger charge is 2.15. The lowest BCUT2D eigenvalue weighted by molar-refractivity contribution is 0.0698. The molecule has 0 aromatic heterocycles. The van der Waals surface area contributed by atoms with E-state index in [1.807, 2.05) is 6.92 Å². The summed E-state index contributed by atoms with van der Waals surface area (Å²) < 4.78 is 4.96. The third-order valence-corrected chi connectivity index (χ3v) is 2.36. The van der Waals surface area contributed by atoms with E-state index in [-0.39, 0.29) is 16.6 Å². The van der Waals surface area contributed by atoms with Gasteiger partial charge in [0.05, 0.1) is 17.3 Å². The van der Waals surface area contributed by atoms with Crippen molar-refractivity contribution in [3.8, 4) is 0 Å². The van der Waals surface area contributed by atoms with Gasteiger partial charge in [0.1, 0.15) is 5.56 Å². The van der Waals surface area contributed by atoms with Crippen LogP contribution in [0.15, 0.2) is 18.2 Å². The lowest BCUT2D eigenvalue weighted by atomic mass is 10.1. The fourth-order valence-electron chi connectivity index (χ4n) is 1.42. The molecule has 1 rings (SSSR count). The second kappa shape index (κ2) is 5.72. The van der Waals surface area contributed by atoms with E-state index in [1.54, 1.807) is 25.3 Å². The van der Waals surface area contributed by atoms with Crippen molar-refractivity contribution in [1.82, 2.24) is 0 Å². The molecule has 0 aliphatic heterocycles. The van der Waals surface area contributed by atoms with Crippen molar-refractivity contribution >= 4 is 23.3 Å². The molecule has 0 bridgehead atoms. The third kappa shape index (κ3) is 3.12. The fraction of sp³-hybridized carbons (Fsp3) is 0.364. The molecule has 0 spiro atoms. The van der Waals surface area contributed by atoms with Crippen LogP contribution >= 0.6 is 11.6 Å². The lowest BCUT2D eigenvalue weighted by Crippen LogP contribution is -2.22. The first-order valence-electron chi connectivity index (χ1n) is 4.83. The summed E-state index contributed by atoms with van der Waals surface area (Å²) in [4.78, 5) is 11.0. The Morgan fingerprint density at radius 2 is 2.31 bits per heavy atom. The van der Waals surface area contributed by atoms with Crippen LogP contribution in [0.5, 0.6) is 0 Å². The monoisotopic (exact) mass is 243 g/mol. The number of carbonyl (C=O) groups is 1. The average Bonchev–Trinajstić information content (AvgIpc) is 2.17. The van der Waals surface area contributed by atoms with Crippen molar-refractivity contribution < 1.29 is 14.6 Å². The molecule has 4 nitrogen and oxygen atoms in total. The van der Waals surface area contributed by atoms with Crippen molar-refractivity contribution in [3.63, 3.8) is 0 Å². The second-order valence-corrected chi connectivity index (χ2v) is 3.88. The highest BCUT2D eigenvalue weighted by atomic mass is 35.5. The van der Waals surface area contributed by atoms with Gasteiger partial charge in [-0.2, -0.15) is 0 Å². The molecular formula is C11H14ClNO3. The molecule has 0 heterocycles. The number of hydrogen-bond acceptors (Lipinski definition) is 3. The first-order valence-corrected chi connectivity index (χ1v) is 5.21. The molecule has 0 aliphatic carbocycles. The number of aromatic carboxylic acids is 1. The largest absolute Gasteiger partial charge is 0.478 e. The number of hydrogen-bond donors (Lipinski definition) is 2. The summed E-state index contributed by atoms with van der Waals surface area (Å²) in [5.41, 5.74) is 0.594. The molecule has 0 saturated carbocycles. The van der Waals surface area contributed by atoms with E-state index in [9.17, 15) is 4.79 Å². The Morgan fingerprint density at radius 3 is 2.88 bits per heavy atom. The predicted molar refractivity (Wildman–Crippen MR) is 63.4 cm³/mol. The Kier molecular flexibility index (Phi) is 4.58. The highest BCUT2D eigenvalue weighted by molar-refractivity contribution is 6.34. The van der Waals surface area contributed by atoms with Crippen LogP contribution in [0.2, 0.25) is 5.02 Å². The van der Waals surface area contributed by atoms with Crippen LogP contribution in [-0.2, 0) is 4.74 Å². The predicted octanol–water partition coefficient (Wildman–Crippen LogP) is 2.49. The van der Waals surface area contributed by atoms with E-state index < -0.39 is 5.97 Å². The lowest BCUT2D eigenvalue weighted by Gasteiger charge is -2.16. The van der Waals surface area contributed by atoms with Crippen molar-refractivity contribution in [2.24, 2.45) is 0 Å². The van der Waals surface area contributed by atoms with E-state index in [0.29, 0.717) is 12.3 Å². The van der Waals surface area contributed by atoms with Crippen molar-refractivity contribution in [2.45, 2.75) is 13.0 Å². The Hall–Kier alpha value is -1.26. The van der Waals surface area contributed by atoms with Gasteiger partial charge in [-0.25, -0.2) is 4.79 Å². The first-order chi connectivity index (χ1) is 7.56. The van der Waals surface area contributed by atoms with Gasteiger partial charge in [-0.3, -0.25) is 0 Å². The molecule has 0 fully saturated rings. The summed E-state index contributed by atoms with van der Waals surface area (Å²) in [6.07, 6.45) is 0. The topological polar surface area (TPSA) is 58.6 Å². The minimum atomic E-state index is -1.04. The van der Waals surface area contributed by atoms with Crippen LogP contribution in [0.25, 0.3) is 0 Å². The van der Waals surface area contributed by atoms with E-state index in [1.165, 1.54) is 0 Å². The van der Waals surface area contributed by atoms with E-state index in [0.717, 1.165) is 0 Å². The van der Waals surface area contributed by atoms with Gasteiger partial charge < -0.3 is 15.2 Å². The summed E-state index contributed by atoms with van der Waals surface area (Å²) in [5, 5.41) is 12.3. The van der Waals surface area contributed by atoms with E-state index >= 15 is 0 Å². The average molecular weight is 244 g/mol. The Morgan fingerprint density at radius 1 is 1.62 bits per heavy atom. The Balaban J connectivity index is 2.95. The molecule has 0 amide bonds. The molecule has 16 heavy (non-hydrogen) atoms. The SMILES string of the molecule is COCC(C)Nc1cccc(Cl)c1C(=O)O. The molecule has 0 saturated heterocycles. The summed E-state index contributed by atoms with van der Waals surface area (Å²) in [6.45, 7) is 2.39. The van der Waals surface area contributed by atoms with Crippen LogP contribution in [0.1, 0.15) is 17.3 Å². The molecule has 5 heteroatoms. The summed E-state index contributed by atoms with van der Waals surface area (Å²) in [5.74, 6) is -1.04. The van der Waals surface area contributed by atoms with Gasteiger partial charge >= 0.3 is 5.97 Å². The number of methoxy groups -OCH3 is 1. The third-order valence-electron chi connectivity index (χ3n) is 2.05. The van der Waals surface area contributed by atoms with Gasteiger partial charge in [-0.15, -0.1) is 0 Å². The molecule has 1 aromatic carbocycles. The normalized spacial score (nSPS) is 12.2. The van der Waals surface area contributed by atoms with E-state index in [4.69, 9.17) is 21.4 Å². The Bertz CT molecular complexity index is 381.